The van der Waals surface area contributed by atoms with Crippen LogP contribution in [0.5, 0.6) is 0 Å². The Morgan fingerprint density at radius 2 is 1.44 bits per heavy atom. The molecule has 0 bridgehead atoms. The van der Waals surface area contributed by atoms with Crippen LogP contribution in [0.3, 0.4) is 0 Å². The molecule has 0 saturated carbocycles. The summed E-state index contributed by atoms with van der Waals surface area (Å²) in [6.45, 7) is 4.03. The summed E-state index contributed by atoms with van der Waals surface area (Å²) in [7, 11) is 0. The third-order valence-electron chi connectivity index (χ3n) is 5.85. The molecule has 176 valence electrons. The first-order valence-corrected chi connectivity index (χ1v) is 11.7. The van der Waals surface area contributed by atoms with Crippen LogP contribution >= 0.6 is 0 Å². The summed E-state index contributed by atoms with van der Waals surface area (Å²) >= 11 is 0. The van der Waals surface area contributed by atoms with E-state index in [2.05, 4.69) is 12.2 Å². The smallest absolute Gasteiger partial charge is 0.307 e. The Morgan fingerprint density at radius 1 is 0.853 bits per heavy atom. The standard InChI is InChI=1S/C29H31NO4/c1-3-4-5-28(32)30-26-16-14-23(15-17-26)22-10-12-24(13-11-22)27(31)19-25(29(33)34)18-21-8-6-20(2)7-9-21/h6-17,25H,3-5,18-19H2,1-2H3,(H,30,32)(H,33,34). The van der Waals surface area contributed by atoms with Gasteiger partial charge in [-0.1, -0.05) is 79.6 Å². The number of nitrogens with one attached hydrogen (secondary N) is 1. The van der Waals surface area contributed by atoms with Gasteiger partial charge in [-0.3, -0.25) is 14.4 Å². The van der Waals surface area contributed by atoms with Crippen LogP contribution in [0.15, 0.2) is 72.8 Å². The zero-order chi connectivity index (χ0) is 24.5. The number of carboxylic acids is 1. The first-order valence-electron chi connectivity index (χ1n) is 11.7. The molecule has 0 aliphatic carbocycles. The number of ketones is 1. The Morgan fingerprint density at radius 3 is 2.00 bits per heavy atom. The van der Waals surface area contributed by atoms with Crippen LogP contribution in [0.1, 0.15) is 54.1 Å². The van der Waals surface area contributed by atoms with Crippen LogP contribution in [0.25, 0.3) is 11.1 Å². The molecule has 0 aliphatic rings. The summed E-state index contributed by atoms with van der Waals surface area (Å²) in [6.07, 6.45) is 2.64. The molecule has 3 aromatic rings. The SMILES string of the molecule is CCCCC(=O)Nc1ccc(-c2ccc(C(=O)CC(Cc3ccc(C)cc3)C(=O)O)cc2)cc1. The van der Waals surface area contributed by atoms with Crippen molar-refractivity contribution in [2.24, 2.45) is 5.92 Å². The first kappa shape index (κ1) is 24.9. The number of aryl methyl sites for hydroxylation is 1. The van der Waals surface area contributed by atoms with Crippen molar-refractivity contribution in [2.45, 2.75) is 46.0 Å². The van der Waals surface area contributed by atoms with Gasteiger partial charge >= 0.3 is 5.97 Å². The third kappa shape index (κ3) is 7.14. The van der Waals surface area contributed by atoms with Crippen LogP contribution in [0, 0.1) is 12.8 Å². The van der Waals surface area contributed by atoms with Gasteiger partial charge in [-0.2, -0.15) is 0 Å². The van der Waals surface area contributed by atoms with Crippen LogP contribution in [0.2, 0.25) is 0 Å². The number of carbonyl (C=O) groups excluding carboxylic acids is 2. The summed E-state index contributed by atoms with van der Waals surface area (Å²) in [6, 6.07) is 22.5. The van der Waals surface area contributed by atoms with E-state index >= 15 is 0 Å². The maximum atomic E-state index is 12.8. The van der Waals surface area contributed by atoms with Gasteiger partial charge in [-0.05, 0) is 48.6 Å². The Kier molecular flexibility index (Phi) is 8.74. The molecule has 2 N–H and O–H groups in total. The molecule has 3 aromatic carbocycles. The summed E-state index contributed by atoms with van der Waals surface area (Å²) in [5.74, 6) is -1.90. The summed E-state index contributed by atoms with van der Waals surface area (Å²) in [4.78, 5) is 36.4. The number of hydrogen-bond donors (Lipinski definition) is 2. The summed E-state index contributed by atoms with van der Waals surface area (Å²) < 4.78 is 0. The second kappa shape index (κ2) is 11.9. The average molecular weight is 458 g/mol. The Balaban J connectivity index is 1.62. The fraction of sp³-hybridized carbons (Fsp3) is 0.276. The summed E-state index contributed by atoms with van der Waals surface area (Å²) in [5, 5.41) is 12.5. The van der Waals surface area contributed by atoms with Crippen LogP contribution in [0.4, 0.5) is 5.69 Å². The number of Topliss-reactive ketones (excluding diaryl/α,β-unsaturated/α-hetero) is 1. The minimum atomic E-state index is -0.965. The second-order valence-corrected chi connectivity index (χ2v) is 8.66. The molecule has 1 amide bonds. The molecule has 0 radical (unpaired) electrons. The minimum absolute atomic E-state index is 0.0134. The highest BCUT2D eigenvalue weighted by Crippen LogP contribution is 2.23. The Hall–Kier alpha value is -3.73. The lowest BCUT2D eigenvalue weighted by molar-refractivity contribution is -0.141. The van der Waals surface area contributed by atoms with Gasteiger partial charge in [-0.25, -0.2) is 0 Å². The molecule has 0 spiro atoms. The van der Waals surface area contributed by atoms with E-state index in [4.69, 9.17) is 0 Å². The molecular weight excluding hydrogens is 426 g/mol. The summed E-state index contributed by atoms with van der Waals surface area (Å²) in [5.41, 5.74) is 5.18. The van der Waals surface area contributed by atoms with Crippen molar-refractivity contribution >= 4 is 23.3 Å². The van der Waals surface area contributed by atoms with Crippen LogP contribution < -0.4 is 5.32 Å². The molecule has 0 saturated heterocycles. The fourth-order valence-corrected chi connectivity index (χ4v) is 3.75. The van der Waals surface area contributed by atoms with Crippen LogP contribution in [-0.4, -0.2) is 22.8 Å². The van der Waals surface area contributed by atoms with Gasteiger partial charge in [0.2, 0.25) is 5.91 Å². The monoisotopic (exact) mass is 457 g/mol. The van der Waals surface area contributed by atoms with Gasteiger partial charge < -0.3 is 10.4 Å². The maximum absolute atomic E-state index is 12.8. The lowest BCUT2D eigenvalue weighted by atomic mass is 9.91. The fourth-order valence-electron chi connectivity index (χ4n) is 3.75. The predicted molar refractivity (Wildman–Crippen MR) is 135 cm³/mol. The van der Waals surface area contributed by atoms with Crippen molar-refractivity contribution in [1.29, 1.82) is 0 Å². The highest BCUT2D eigenvalue weighted by atomic mass is 16.4. The van der Waals surface area contributed by atoms with E-state index in [1.165, 1.54) is 0 Å². The van der Waals surface area contributed by atoms with Gasteiger partial charge in [0.05, 0.1) is 5.92 Å². The van der Waals surface area contributed by atoms with Gasteiger partial charge in [-0.15, -0.1) is 0 Å². The average Bonchev–Trinajstić information content (AvgIpc) is 2.84. The highest BCUT2D eigenvalue weighted by molar-refractivity contribution is 5.98. The molecule has 0 aromatic heterocycles. The largest absolute Gasteiger partial charge is 0.481 e. The number of aliphatic carboxylic acids is 1. The number of unbranched alkanes of at least 4 members (excludes halogenated alkanes) is 1. The van der Waals surface area contributed by atoms with Crippen molar-refractivity contribution in [1.82, 2.24) is 0 Å². The van der Waals surface area contributed by atoms with Crippen molar-refractivity contribution in [2.75, 3.05) is 5.32 Å². The highest BCUT2D eigenvalue weighted by Gasteiger charge is 2.22. The molecule has 1 unspecified atom stereocenters. The third-order valence-corrected chi connectivity index (χ3v) is 5.85. The Bertz CT molecular complexity index is 1120. The molecule has 0 aliphatic heterocycles. The van der Waals surface area contributed by atoms with E-state index in [9.17, 15) is 19.5 Å². The molecule has 5 nitrogen and oxygen atoms in total. The number of hydrogen-bond acceptors (Lipinski definition) is 3. The quantitative estimate of drug-likeness (QED) is 0.331. The van der Waals surface area contributed by atoms with E-state index in [0.717, 1.165) is 40.8 Å². The van der Waals surface area contributed by atoms with Crippen molar-refractivity contribution in [3.05, 3.63) is 89.5 Å². The van der Waals surface area contributed by atoms with Gasteiger partial charge in [0.1, 0.15) is 0 Å². The molecule has 1 atom stereocenters. The molecular formula is C29H31NO4. The zero-order valence-electron chi connectivity index (χ0n) is 19.7. The molecule has 5 heteroatoms. The lowest BCUT2D eigenvalue weighted by Crippen LogP contribution is -2.20. The Labute approximate surface area is 200 Å². The molecule has 0 fully saturated rings. The van der Waals surface area contributed by atoms with Gasteiger partial charge in [0, 0.05) is 24.1 Å². The number of carboxylic acid groups (broad SMARTS) is 1. The number of carbonyl (C=O) groups is 3. The van der Waals surface area contributed by atoms with E-state index in [1.807, 2.05) is 67.6 Å². The van der Waals surface area contributed by atoms with E-state index in [1.54, 1.807) is 12.1 Å². The zero-order valence-corrected chi connectivity index (χ0v) is 19.7. The lowest BCUT2D eigenvalue weighted by Gasteiger charge is -2.12. The molecule has 34 heavy (non-hydrogen) atoms. The topological polar surface area (TPSA) is 83.5 Å². The van der Waals surface area contributed by atoms with E-state index in [0.29, 0.717) is 18.4 Å². The number of rotatable bonds is 11. The van der Waals surface area contributed by atoms with Crippen molar-refractivity contribution in [3.63, 3.8) is 0 Å². The number of anilines is 1. The predicted octanol–water partition coefficient (Wildman–Crippen LogP) is 6.31. The van der Waals surface area contributed by atoms with Gasteiger partial charge in [0.25, 0.3) is 0 Å². The minimum Gasteiger partial charge on any atom is -0.481 e. The first-order chi connectivity index (χ1) is 16.4. The number of benzene rings is 3. The van der Waals surface area contributed by atoms with E-state index in [-0.39, 0.29) is 18.1 Å². The molecule has 3 rings (SSSR count). The molecule has 0 heterocycles. The van der Waals surface area contributed by atoms with Crippen molar-refractivity contribution < 1.29 is 19.5 Å². The van der Waals surface area contributed by atoms with Crippen LogP contribution in [-0.2, 0) is 16.0 Å². The maximum Gasteiger partial charge on any atom is 0.307 e. The second-order valence-electron chi connectivity index (χ2n) is 8.66. The van der Waals surface area contributed by atoms with E-state index < -0.39 is 11.9 Å². The van der Waals surface area contributed by atoms with Crippen molar-refractivity contribution in [3.8, 4) is 11.1 Å². The van der Waals surface area contributed by atoms with Gasteiger partial charge in [0.15, 0.2) is 5.78 Å². The number of amides is 1. The normalized spacial score (nSPS) is 11.6.